The lowest BCUT2D eigenvalue weighted by atomic mass is 10.8. The molecule has 0 aliphatic carbocycles. The molecular formula is C3H5FO4S. The van der Waals surface area contributed by atoms with Gasteiger partial charge in [0.1, 0.15) is 0 Å². The fourth-order valence-corrected chi connectivity index (χ4v) is 0.599. The molecule has 0 aliphatic heterocycles. The highest BCUT2D eigenvalue weighted by molar-refractivity contribution is 7.87. The summed E-state index contributed by atoms with van der Waals surface area (Å²) in [5, 5.41) is 0. The Balaban J connectivity index is 3.91. The molecule has 0 bridgehead atoms. The molecule has 4 nitrogen and oxygen atoms in total. The molecule has 0 amide bonds. The number of hydrogen-bond acceptors (Lipinski definition) is 4. The molecule has 0 rings (SSSR count). The van der Waals surface area contributed by atoms with E-state index in [0.29, 0.717) is 0 Å². The molecule has 0 aliphatic rings. The molecule has 0 heterocycles. The third kappa shape index (κ3) is 5.22. The molecule has 0 aromatic carbocycles. The zero-order valence-electron chi connectivity index (χ0n) is 4.63. The largest absolute Gasteiger partial charge is 0.468 e. The molecule has 0 fully saturated rings. The van der Waals surface area contributed by atoms with Gasteiger partial charge in [-0.25, -0.2) is 0 Å². The van der Waals surface area contributed by atoms with Crippen LogP contribution >= 0.6 is 0 Å². The summed E-state index contributed by atoms with van der Waals surface area (Å²) in [6.45, 7) is 0. The van der Waals surface area contributed by atoms with Crippen LogP contribution in [0.5, 0.6) is 0 Å². The maximum Gasteiger partial charge on any atom is 0.323 e. The first kappa shape index (κ1) is 8.35. The number of carbonyl (C=O) groups excluding carboxylic acids is 1. The Kier molecular flexibility index (Phi) is 2.57. The Morgan fingerprint density at radius 2 is 2.11 bits per heavy atom. The van der Waals surface area contributed by atoms with E-state index < -0.39 is 21.9 Å². The van der Waals surface area contributed by atoms with Gasteiger partial charge in [0, 0.05) is 0 Å². The molecule has 0 N–H and O–H groups in total. The molecule has 0 saturated heterocycles. The predicted molar refractivity (Wildman–Crippen MR) is 26.9 cm³/mol. The third-order valence-corrected chi connectivity index (χ3v) is 1.10. The van der Waals surface area contributed by atoms with E-state index in [9.17, 15) is 17.1 Å². The van der Waals surface area contributed by atoms with Crippen molar-refractivity contribution in [2.45, 2.75) is 0 Å². The van der Waals surface area contributed by atoms with Gasteiger partial charge in [-0.1, -0.05) is 0 Å². The quantitative estimate of drug-likeness (QED) is 0.398. The van der Waals surface area contributed by atoms with Crippen LogP contribution in [0.2, 0.25) is 0 Å². The minimum absolute atomic E-state index is 0.980. The van der Waals surface area contributed by atoms with Crippen molar-refractivity contribution in [2.75, 3.05) is 12.9 Å². The first-order valence-electron chi connectivity index (χ1n) is 1.95. The van der Waals surface area contributed by atoms with E-state index in [1.807, 2.05) is 0 Å². The summed E-state index contributed by atoms with van der Waals surface area (Å²) in [5.41, 5.74) is 0. The van der Waals surface area contributed by atoms with Crippen molar-refractivity contribution < 1.29 is 21.8 Å². The van der Waals surface area contributed by atoms with Gasteiger partial charge in [-0.2, -0.15) is 8.42 Å². The molecule has 0 radical (unpaired) electrons. The lowest BCUT2D eigenvalue weighted by Crippen LogP contribution is -2.12. The van der Waals surface area contributed by atoms with E-state index in [1.54, 1.807) is 0 Å². The lowest BCUT2D eigenvalue weighted by molar-refractivity contribution is -0.137. The number of ether oxygens (including phenoxy) is 1. The Labute approximate surface area is 51.8 Å². The van der Waals surface area contributed by atoms with Crippen LogP contribution in [0.3, 0.4) is 0 Å². The summed E-state index contributed by atoms with van der Waals surface area (Å²) in [5.74, 6) is -2.30. The number of esters is 1. The summed E-state index contributed by atoms with van der Waals surface area (Å²) < 4.78 is 34.6. The second-order valence-electron chi connectivity index (χ2n) is 1.26. The Bertz CT molecular complexity index is 194. The second kappa shape index (κ2) is 2.77. The van der Waals surface area contributed by atoms with Gasteiger partial charge < -0.3 is 4.74 Å². The van der Waals surface area contributed by atoms with Crippen LogP contribution in [0.1, 0.15) is 0 Å². The van der Waals surface area contributed by atoms with Gasteiger partial charge in [-0.3, -0.25) is 4.79 Å². The number of methoxy groups -OCH3 is 1. The van der Waals surface area contributed by atoms with Crippen LogP contribution < -0.4 is 0 Å². The van der Waals surface area contributed by atoms with Crippen molar-refractivity contribution in [2.24, 2.45) is 0 Å². The van der Waals surface area contributed by atoms with Gasteiger partial charge in [0.2, 0.25) is 0 Å². The van der Waals surface area contributed by atoms with Crippen molar-refractivity contribution in [1.82, 2.24) is 0 Å². The average Bonchev–Trinajstić information content (AvgIpc) is 1.62. The number of halogens is 1. The van der Waals surface area contributed by atoms with Crippen LogP contribution in [0.4, 0.5) is 3.89 Å². The standard InChI is InChI=1S/C3H5FO4S/c1-8-3(5)2-9(4,6)7/h2H2,1H3. The van der Waals surface area contributed by atoms with Crippen LogP contribution in [0.25, 0.3) is 0 Å². The van der Waals surface area contributed by atoms with Crippen LogP contribution in [0.15, 0.2) is 0 Å². The molecule has 0 spiro atoms. The topological polar surface area (TPSA) is 60.4 Å². The molecule has 6 heteroatoms. The zero-order chi connectivity index (χ0) is 7.49. The van der Waals surface area contributed by atoms with Crippen molar-refractivity contribution in [1.29, 1.82) is 0 Å². The summed E-state index contributed by atoms with van der Waals surface area (Å²) in [7, 11) is -3.73. The van der Waals surface area contributed by atoms with Crippen LogP contribution in [-0.2, 0) is 19.8 Å². The minimum atomic E-state index is -4.71. The van der Waals surface area contributed by atoms with E-state index in [4.69, 9.17) is 0 Å². The van der Waals surface area contributed by atoms with E-state index >= 15 is 0 Å². The molecule has 54 valence electrons. The van der Waals surface area contributed by atoms with Gasteiger partial charge in [-0.05, 0) is 0 Å². The Morgan fingerprint density at radius 1 is 1.67 bits per heavy atom. The highest BCUT2D eigenvalue weighted by Gasteiger charge is 2.13. The minimum Gasteiger partial charge on any atom is -0.468 e. The van der Waals surface area contributed by atoms with Gasteiger partial charge >= 0.3 is 16.2 Å². The molecule has 0 saturated carbocycles. The molecule has 0 aromatic rings. The van der Waals surface area contributed by atoms with Crippen molar-refractivity contribution in [3.8, 4) is 0 Å². The van der Waals surface area contributed by atoms with Crippen molar-refractivity contribution in [3.63, 3.8) is 0 Å². The smallest absolute Gasteiger partial charge is 0.323 e. The fourth-order valence-electron chi connectivity index (χ4n) is 0.200. The summed E-state index contributed by atoms with van der Waals surface area (Å²) >= 11 is 0. The highest BCUT2D eigenvalue weighted by atomic mass is 32.3. The van der Waals surface area contributed by atoms with Gasteiger partial charge in [0.15, 0.2) is 5.75 Å². The maximum atomic E-state index is 11.5. The molecule has 9 heavy (non-hydrogen) atoms. The summed E-state index contributed by atoms with van der Waals surface area (Å²) in [4.78, 5) is 9.99. The van der Waals surface area contributed by atoms with Crippen LogP contribution in [-0.4, -0.2) is 27.2 Å². The fraction of sp³-hybridized carbons (Fsp3) is 0.667. The normalized spacial score (nSPS) is 10.9. The zero-order valence-corrected chi connectivity index (χ0v) is 5.44. The van der Waals surface area contributed by atoms with Gasteiger partial charge in [0.05, 0.1) is 7.11 Å². The molecular weight excluding hydrogens is 151 g/mol. The van der Waals surface area contributed by atoms with Gasteiger partial charge in [-0.15, -0.1) is 3.89 Å². The lowest BCUT2D eigenvalue weighted by Gasteiger charge is -1.91. The van der Waals surface area contributed by atoms with E-state index in [2.05, 4.69) is 4.74 Å². The molecule has 0 atom stereocenters. The van der Waals surface area contributed by atoms with Crippen molar-refractivity contribution >= 4 is 16.2 Å². The summed E-state index contributed by atoms with van der Waals surface area (Å²) in [6.07, 6.45) is 0. The first-order valence-corrected chi connectivity index (χ1v) is 3.50. The molecule has 0 aromatic heterocycles. The highest BCUT2D eigenvalue weighted by Crippen LogP contribution is 1.90. The number of carbonyl (C=O) groups is 1. The summed E-state index contributed by atoms with van der Waals surface area (Å²) in [6, 6.07) is 0. The third-order valence-electron chi connectivity index (χ3n) is 0.518. The van der Waals surface area contributed by atoms with Crippen molar-refractivity contribution in [3.05, 3.63) is 0 Å². The van der Waals surface area contributed by atoms with Crippen LogP contribution in [0, 0.1) is 0 Å². The van der Waals surface area contributed by atoms with E-state index in [-0.39, 0.29) is 0 Å². The number of rotatable bonds is 2. The SMILES string of the molecule is COC(=O)CS(=O)(=O)F. The Hall–Kier alpha value is -0.650. The average molecular weight is 156 g/mol. The number of hydrogen-bond donors (Lipinski definition) is 0. The predicted octanol–water partition coefficient (Wildman–Crippen LogP) is -0.541. The van der Waals surface area contributed by atoms with Gasteiger partial charge in [0.25, 0.3) is 0 Å². The van der Waals surface area contributed by atoms with E-state index in [0.717, 1.165) is 7.11 Å². The first-order chi connectivity index (χ1) is 3.95. The maximum absolute atomic E-state index is 11.5. The molecule has 0 unspecified atom stereocenters. The monoisotopic (exact) mass is 156 g/mol. The Morgan fingerprint density at radius 3 is 2.22 bits per heavy atom. The second-order valence-corrected chi connectivity index (χ2v) is 2.63. The van der Waals surface area contributed by atoms with E-state index in [1.165, 1.54) is 0 Å².